The van der Waals surface area contributed by atoms with Crippen molar-refractivity contribution in [2.75, 3.05) is 31.2 Å². The summed E-state index contributed by atoms with van der Waals surface area (Å²) in [7, 11) is 0. The van der Waals surface area contributed by atoms with Gasteiger partial charge in [0.05, 0.1) is 36.9 Å². The van der Waals surface area contributed by atoms with E-state index in [1.165, 1.54) is 0 Å². The molecule has 1 N–H and O–H groups in total. The number of carboxylic acids is 1. The summed E-state index contributed by atoms with van der Waals surface area (Å²) in [4.78, 5) is 36.1. The van der Waals surface area contributed by atoms with Crippen LogP contribution in [0.2, 0.25) is 5.02 Å². The Morgan fingerprint density at radius 2 is 1.84 bits per heavy atom. The van der Waals surface area contributed by atoms with Crippen LogP contribution in [0.25, 0.3) is 39.1 Å². The molecular weight excluding hydrogens is 508 g/mol. The third kappa shape index (κ3) is 4.51. The maximum Gasteiger partial charge on any atom is 0.303 e. The normalized spacial score (nSPS) is 13.9. The number of furan rings is 1. The first-order chi connectivity index (χ1) is 18.5. The van der Waals surface area contributed by atoms with Crippen molar-refractivity contribution in [3.63, 3.8) is 0 Å². The summed E-state index contributed by atoms with van der Waals surface area (Å²) in [6.07, 6.45) is 2.94. The van der Waals surface area contributed by atoms with Crippen molar-refractivity contribution in [1.82, 2.24) is 14.5 Å². The maximum atomic E-state index is 13.0. The lowest BCUT2D eigenvalue weighted by Crippen LogP contribution is -2.37. The van der Waals surface area contributed by atoms with Gasteiger partial charge < -0.3 is 19.2 Å². The molecule has 0 atom stereocenters. The number of hydrogen-bond acceptors (Lipinski definition) is 7. The van der Waals surface area contributed by atoms with E-state index in [4.69, 9.17) is 35.8 Å². The molecule has 0 amide bonds. The first kappa shape index (κ1) is 24.1. The van der Waals surface area contributed by atoms with E-state index in [-0.39, 0.29) is 18.6 Å². The lowest BCUT2D eigenvalue weighted by Gasteiger charge is -2.29. The Morgan fingerprint density at radius 1 is 1.00 bits per heavy atom. The average molecular weight is 531 g/mol. The fourth-order valence-corrected chi connectivity index (χ4v) is 4.94. The average Bonchev–Trinajstić information content (AvgIpc) is 3.60. The van der Waals surface area contributed by atoms with Crippen molar-refractivity contribution in [2.24, 2.45) is 0 Å². The molecule has 1 fully saturated rings. The molecule has 4 heterocycles. The molecule has 0 saturated carbocycles. The van der Waals surface area contributed by atoms with E-state index >= 15 is 0 Å². The smallest absolute Gasteiger partial charge is 0.303 e. The van der Waals surface area contributed by atoms with Gasteiger partial charge in [-0.15, -0.1) is 0 Å². The van der Waals surface area contributed by atoms with Gasteiger partial charge in [-0.3, -0.25) is 14.2 Å². The number of aliphatic carboxylic acids is 1. The van der Waals surface area contributed by atoms with Crippen molar-refractivity contribution in [3.05, 3.63) is 71.6 Å². The van der Waals surface area contributed by atoms with Crippen LogP contribution in [-0.2, 0) is 9.53 Å². The van der Waals surface area contributed by atoms with Crippen LogP contribution in [-0.4, -0.2) is 57.7 Å². The minimum absolute atomic E-state index is 0.117. The van der Waals surface area contributed by atoms with Crippen molar-refractivity contribution in [2.45, 2.75) is 12.8 Å². The molecule has 0 unspecified atom stereocenters. The van der Waals surface area contributed by atoms with Crippen LogP contribution in [0.3, 0.4) is 0 Å². The third-order valence-electron chi connectivity index (χ3n) is 6.63. The van der Waals surface area contributed by atoms with Crippen molar-refractivity contribution >= 4 is 51.0 Å². The molecule has 192 valence electrons. The molecule has 1 aliphatic heterocycles. The summed E-state index contributed by atoms with van der Waals surface area (Å²) < 4.78 is 12.9. The zero-order chi connectivity index (χ0) is 26.2. The molecule has 3 aromatic heterocycles. The fourth-order valence-electron chi connectivity index (χ4n) is 4.77. The number of halogens is 1. The highest BCUT2D eigenvalue weighted by Crippen LogP contribution is 2.33. The van der Waals surface area contributed by atoms with Gasteiger partial charge in [0, 0.05) is 52.6 Å². The highest BCUT2D eigenvalue weighted by atomic mass is 35.5. The molecule has 0 spiro atoms. The molecule has 1 saturated heterocycles. The van der Waals surface area contributed by atoms with Gasteiger partial charge in [-0.2, -0.15) is 4.98 Å². The molecule has 9 nitrogen and oxygen atoms in total. The lowest BCUT2D eigenvalue weighted by atomic mass is 10.1. The van der Waals surface area contributed by atoms with Gasteiger partial charge in [-0.05, 0) is 48.5 Å². The van der Waals surface area contributed by atoms with E-state index in [2.05, 4.69) is 4.90 Å². The molecular formula is C28H23ClN4O5. The number of carbonyl (C=O) groups excluding carboxylic acids is 1. The molecule has 38 heavy (non-hydrogen) atoms. The Balaban J connectivity index is 1.53. The molecule has 2 aromatic carbocycles. The van der Waals surface area contributed by atoms with Crippen LogP contribution in [0.1, 0.15) is 23.2 Å². The summed E-state index contributed by atoms with van der Waals surface area (Å²) in [5.74, 6) is 0.602. The molecule has 5 aromatic rings. The Labute approximate surface area is 222 Å². The van der Waals surface area contributed by atoms with E-state index < -0.39 is 5.97 Å². The van der Waals surface area contributed by atoms with Crippen molar-refractivity contribution in [3.8, 4) is 17.3 Å². The van der Waals surface area contributed by atoms with Crippen LogP contribution in [0, 0.1) is 0 Å². The number of nitrogens with zero attached hydrogens (tertiary/aromatic N) is 4. The summed E-state index contributed by atoms with van der Waals surface area (Å²) in [5, 5.41) is 11.0. The van der Waals surface area contributed by atoms with Crippen molar-refractivity contribution in [1.29, 1.82) is 0 Å². The molecule has 0 aliphatic carbocycles. The third-order valence-corrected chi connectivity index (χ3v) is 6.86. The highest BCUT2D eigenvalue weighted by Gasteiger charge is 2.22. The fraction of sp³-hybridized carbons (Fsp3) is 0.214. The zero-order valence-electron chi connectivity index (χ0n) is 20.3. The van der Waals surface area contributed by atoms with Gasteiger partial charge in [0.1, 0.15) is 11.6 Å². The summed E-state index contributed by atoms with van der Waals surface area (Å²) in [6, 6.07) is 14.9. The van der Waals surface area contributed by atoms with E-state index in [0.29, 0.717) is 53.7 Å². The van der Waals surface area contributed by atoms with Gasteiger partial charge in [-0.1, -0.05) is 11.6 Å². The van der Waals surface area contributed by atoms with Crippen LogP contribution < -0.4 is 4.90 Å². The van der Waals surface area contributed by atoms with Gasteiger partial charge in [0.2, 0.25) is 5.95 Å². The second kappa shape index (κ2) is 9.92. The number of aromatic nitrogens is 3. The number of benzene rings is 2. The number of fused-ring (bicyclic) bond motifs is 2. The van der Waals surface area contributed by atoms with Crippen LogP contribution >= 0.6 is 11.6 Å². The second-order valence-corrected chi connectivity index (χ2v) is 9.48. The zero-order valence-corrected chi connectivity index (χ0v) is 21.0. The van der Waals surface area contributed by atoms with E-state index in [0.717, 1.165) is 28.0 Å². The number of anilines is 1. The first-order valence-electron chi connectivity index (χ1n) is 12.2. The number of morpholine rings is 1. The Kier molecular flexibility index (Phi) is 6.30. The first-order valence-corrected chi connectivity index (χ1v) is 12.6. The predicted molar refractivity (Wildman–Crippen MR) is 143 cm³/mol. The standard InChI is InChI=1S/C28H23ClN4O5/c29-18-4-6-23-19(15-18)21(24(34)7-8-26(35)36)16-33(23)28-30-22-5-3-17(25-2-1-11-38-25)14-20(22)27(31-28)32-9-12-37-13-10-32/h1-6,11,14-16H,7-10,12-13H2,(H,35,36). The largest absolute Gasteiger partial charge is 0.481 e. The van der Waals surface area contributed by atoms with Crippen LogP contribution in [0.5, 0.6) is 0 Å². The monoisotopic (exact) mass is 530 g/mol. The number of hydrogen-bond donors (Lipinski definition) is 1. The Morgan fingerprint density at radius 3 is 2.61 bits per heavy atom. The van der Waals surface area contributed by atoms with Crippen LogP contribution in [0.4, 0.5) is 5.82 Å². The number of rotatable bonds is 7. The Bertz CT molecular complexity index is 1670. The quantitative estimate of drug-likeness (QED) is 0.279. The maximum absolute atomic E-state index is 13.0. The van der Waals surface area contributed by atoms with Crippen LogP contribution in [0.15, 0.2) is 65.4 Å². The molecule has 0 radical (unpaired) electrons. The number of ketones is 1. The summed E-state index contributed by atoms with van der Waals surface area (Å²) in [5.41, 5.74) is 2.74. The van der Waals surface area contributed by atoms with Gasteiger partial charge in [0.25, 0.3) is 0 Å². The Hall–Kier alpha value is -4.21. The second-order valence-electron chi connectivity index (χ2n) is 9.05. The molecule has 1 aliphatic rings. The molecule has 10 heteroatoms. The lowest BCUT2D eigenvalue weighted by molar-refractivity contribution is -0.136. The van der Waals surface area contributed by atoms with Crippen molar-refractivity contribution < 1.29 is 23.8 Å². The summed E-state index contributed by atoms with van der Waals surface area (Å²) in [6.45, 7) is 2.53. The van der Waals surface area contributed by atoms with Gasteiger partial charge >= 0.3 is 5.97 Å². The minimum Gasteiger partial charge on any atom is -0.481 e. The van der Waals surface area contributed by atoms with E-state index in [1.807, 2.05) is 36.4 Å². The van der Waals surface area contributed by atoms with Gasteiger partial charge in [-0.25, -0.2) is 4.98 Å². The minimum atomic E-state index is -1.03. The SMILES string of the molecule is O=C(O)CCC(=O)c1cn(-c2nc(N3CCOCC3)c3cc(-c4ccco4)ccc3n2)c2ccc(Cl)cc12. The predicted octanol–water partition coefficient (Wildman–Crippen LogP) is 5.37. The molecule has 0 bridgehead atoms. The number of carboxylic acid groups (broad SMARTS) is 1. The molecule has 6 rings (SSSR count). The summed E-state index contributed by atoms with van der Waals surface area (Å²) >= 11 is 6.27. The number of Topliss-reactive ketones (excluding diaryl/α,β-unsaturated/α-hetero) is 1. The van der Waals surface area contributed by atoms with E-state index in [9.17, 15) is 9.59 Å². The van der Waals surface area contributed by atoms with E-state index in [1.54, 1.807) is 29.2 Å². The van der Waals surface area contributed by atoms with Gasteiger partial charge in [0.15, 0.2) is 5.78 Å². The number of carbonyl (C=O) groups is 2. The number of ether oxygens (including phenoxy) is 1. The highest BCUT2D eigenvalue weighted by molar-refractivity contribution is 6.31. The topological polar surface area (TPSA) is 111 Å².